The van der Waals surface area contributed by atoms with Gasteiger partial charge in [0.2, 0.25) is 0 Å². The molecule has 0 aromatic carbocycles. The van der Waals surface area contributed by atoms with E-state index in [0.717, 1.165) is 89.9 Å². The van der Waals surface area contributed by atoms with Crippen LogP contribution in [0.5, 0.6) is 0 Å². The first-order valence-electron chi connectivity index (χ1n) is 25.4. The molecule has 0 rings (SSSR count). The zero-order valence-corrected chi connectivity index (χ0v) is 44.5. The molecule has 2 heteroatoms. The molecule has 0 bridgehead atoms. The highest BCUT2D eigenvalue weighted by Crippen LogP contribution is 2.19. The van der Waals surface area contributed by atoms with Gasteiger partial charge in [0, 0.05) is 6.92 Å². The van der Waals surface area contributed by atoms with Crippen LogP contribution >= 0.6 is 0 Å². The number of allylic oxidation sites excluding steroid dienone is 23. The molecule has 360 valence electrons. The molecule has 0 fully saturated rings. The molecule has 2 nitrogen and oxygen atoms in total. The second-order valence-corrected chi connectivity index (χ2v) is 19.6. The number of hydrogen-bond acceptors (Lipinski definition) is 2. The molecule has 0 radical (unpaired) electrons. The average Bonchev–Trinajstić information content (AvgIpc) is 3.20. The number of carbonyl (C=O) groups is 1. The van der Waals surface area contributed by atoms with Gasteiger partial charge in [0.1, 0.15) is 6.61 Å². The van der Waals surface area contributed by atoms with Gasteiger partial charge < -0.3 is 4.74 Å². The van der Waals surface area contributed by atoms with Crippen LogP contribution in [0.15, 0.2) is 140 Å². The number of rotatable bonds is 35. The first-order valence-corrected chi connectivity index (χ1v) is 25.4. The number of hydrogen-bond donors (Lipinski definition) is 0. The molecule has 0 aliphatic heterocycles. The minimum atomic E-state index is -0.224. The Kier molecular flexibility index (Phi) is 37.4. The predicted molar refractivity (Wildman–Crippen MR) is 289 cm³/mol. The largest absolute Gasteiger partial charge is 0.462 e. The lowest BCUT2D eigenvalue weighted by atomic mass is 10.0. The summed E-state index contributed by atoms with van der Waals surface area (Å²) in [5, 5.41) is 0. The fourth-order valence-corrected chi connectivity index (χ4v) is 7.47. The summed E-state index contributed by atoms with van der Waals surface area (Å²) in [6.07, 6.45) is 54.0. The molecule has 0 aromatic rings. The summed E-state index contributed by atoms with van der Waals surface area (Å²) in [6.45, 7) is 31.2. The second-order valence-electron chi connectivity index (χ2n) is 19.6. The van der Waals surface area contributed by atoms with Gasteiger partial charge in [-0.25, -0.2) is 0 Å². The van der Waals surface area contributed by atoms with Crippen LogP contribution in [0, 0.1) is 0 Å². The third-order valence-electron chi connectivity index (χ3n) is 12.1. The average molecular weight is 877 g/mol. The molecule has 0 saturated heterocycles. The van der Waals surface area contributed by atoms with Crippen molar-refractivity contribution in [2.75, 3.05) is 6.61 Å². The van der Waals surface area contributed by atoms with E-state index >= 15 is 0 Å². The standard InChI is InChI=1S/C62H100O2/c1-50(2)26-15-27-51(3)28-16-29-52(4)30-17-31-53(5)32-18-33-54(6)34-19-35-55(7)36-20-37-56(8)38-21-39-57(9)40-22-41-58(10)42-23-43-59(11)44-24-45-60(12)46-25-47-61(13)48-49-64-62(14)63/h26,28,30,32,34,36,38,40,42,44,46,48H,15-25,27,29,31,33,35,37,39,41,43,45,47,49H2,1-14H3. The van der Waals surface area contributed by atoms with Crippen molar-refractivity contribution in [3.63, 3.8) is 0 Å². The van der Waals surface area contributed by atoms with Crippen LogP contribution in [0.1, 0.15) is 238 Å². The highest BCUT2D eigenvalue weighted by Gasteiger charge is 1.99. The third kappa shape index (κ3) is 41.1. The highest BCUT2D eigenvalue weighted by molar-refractivity contribution is 5.66. The predicted octanol–water partition coefficient (Wildman–Crippen LogP) is 20.5. The monoisotopic (exact) mass is 877 g/mol. The molecule has 0 saturated carbocycles. The highest BCUT2D eigenvalue weighted by atomic mass is 16.5. The molecule has 64 heavy (non-hydrogen) atoms. The fourth-order valence-electron chi connectivity index (χ4n) is 7.47. The lowest BCUT2D eigenvalue weighted by molar-refractivity contribution is -0.139. The molecule has 0 unspecified atom stereocenters. The SMILES string of the molecule is CC(=O)OCC=C(C)CCC=C(C)CCC=C(C)CCC=C(C)CCC=C(C)CCC=C(C)CCC=C(C)CCC=C(C)CCC=C(C)CCC=C(C)CCC=C(C)CCC=C(C)C. The Morgan fingerprint density at radius 1 is 0.250 bits per heavy atom. The molecular weight excluding hydrogens is 777 g/mol. The van der Waals surface area contributed by atoms with E-state index in [9.17, 15) is 4.79 Å². The van der Waals surface area contributed by atoms with E-state index in [0.29, 0.717) is 6.61 Å². The van der Waals surface area contributed by atoms with E-state index in [1.54, 1.807) is 0 Å². The van der Waals surface area contributed by atoms with E-state index in [1.165, 1.54) is 125 Å². The van der Waals surface area contributed by atoms with Crippen molar-refractivity contribution >= 4 is 5.97 Å². The number of ether oxygens (including phenoxy) is 1. The van der Waals surface area contributed by atoms with Crippen LogP contribution in [0.25, 0.3) is 0 Å². The first-order chi connectivity index (χ1) is 30.5. The third-order valence-corrected chi connectivity index (χ3v) is 12.1. The maximum atomic E-state index is 10.9. The minimum absolute atomic E-state index is 0.224. The first kappa shape index (κ1) is 60.4. The molecule has 0 aliphatic rings. The summed E-state index contributed by atoms with van der Waals surface area (Å²) in [5.41, 5.74) is 17.8. The molecule has 0 aromatic heterocycles. The van der Waals surface area contributed by atoms with E-state index in [2.05, 4.69) is 157 Å². The summed E-state index contributed by atoms with van der Waals surface area (Å²) < 4.78 is 5.00. The zero-order chi connectivity index (χ0) is 48.0. The molecule has 0 aliphatic carbocycles. The minimum Gasteiger partial charge on any atom is -0.462 e. The summed E-state index contributed by atoms with van der Waals surface area (Å²) in [5.74, 6) is -0.224. The maximum Gasteiger partial charge on any atom is 0.302 e. The molecule has 0 atom stereocenters. The Morgan fingerprint density at radius 3 is 0.562 bits per heavy atom. The summed E-state index contributed by atoms with van der Waals surface area (Å²) in [4.78, 5) is 10.9. The van der Waals surface area contributed by atoms with Crippen LogP contribution in [-0.4, -0.2) is 12.6 Å². The maximum absolute atomic E-state index is 10.9. The van der Waals surface area contributed by atoms with Gasteiger partial charge in [-0.15, -0.1) is 0 Å². The summed E-state index contributed by atoms with van der Waals surface area (Å²) in [6, 6.07) is 0. The van der Waals surface area contributed by atoms with Crippen molar-refractivity contribution in [1.29, 1.82) is 0 Å². The van der Waals surface area contributed by atoms with Gasteiger partial charge in [-0.2, -0.15) is 0 Å². The zero-order valence-electron chi connectivity index (χ0n) is 44.5. The molecule has 0 heterocycles. The molecule has 0 spiro atoms. The van der Waals surface area contributed by atoms with Gasteiger partial charge in [-0.3, -0.25) is 4.79 Å². The Bertz CT molecular complexity index is 1690. The van der Waals surface area contributed by atoms with Crippen molar-refractivity contribution in [3.8, 4) is 0 Å². The summed E-state index contributed by atoms with van der Waals surface area (Å²) in [7, 11) is 0. The van der Waals surface area contributed by atoms with Crippen molar-refractivity contribution in [2.45, 2.75) is 238 Å². The second kappa shape index (κ2) is 39.7. The van der Waals surface area contributed by atoms with Crippen molar-refractivity contribution in [1.82, 2.24) is 0 Å². The van der Waals surface area contributed by atoms with Gasteiger partial charge in [-0.1, -0.05) is 134 Å². The lowest BCUT2D eigenvalue weighted by Crippen LogP contribution is -1.98. The molecule has 0 N–H and O–H groups in total. The van der Waals surface area contributed by atoms with Crippen molar-refractivity contribution in [2.24, 2.45) is 0 Å². The Labute approximate surface area is 398 Å². The van der Waals surface area contributed by atoms with Crippen molar-refractivity contribution < 1.29 is 9.53 Å². The van der Waals surface area contributed by atoms with Crippen LogP contribution in [-0.2, 0) is 9.53 Å². The van der Waals surface area contributed by atoms with E-state index < -0.39 is 0 Å². The Morgan fingerprint density at radius 2 is 0.406 bits per heavy atom. The van der Waals surface area contributed by atoms with E-state index in [1.807, 2.05) is 6.08 Å². The van der Waals surface area contributed by atoms with Crippen molar-refractivity contribution in [3.05, 3.63) is 140 Å². The Hall–Kier alpha value is -3.65. The topological polar surface area (TPSA) is 26.3 Å². The quantitative estimate of drug-likeness (QED) is 0.0468. The van der Waals surface area contributed by atoms with Gasteiger partial charge >= 0.3 is 5.97 Å². The summed E-state index contributed by atoms with van der Waals surface area (Å²) >= 11 is 0. The fraction of sp³-hybridized carbons (Fsp3) is 0.597. The van der Waals surface area contributed by atoms with Crippen LogP contribution in [0.3, 0.4) is 0 Å². The van der Waals surface area contributed by atoms with E-state index in [-0.39, 0.29) is 5.97 Å². The number of esters is 1. The Balaban J connectivity index is 4.28. The smallest absolute Gasteiger partial charge is 0.302 e. The normalized spacial score (nSPS) is 14.8. The van der Waals surface area contributed by atoms with Crippen LogP contribution in [0.2, 0.25) is 0 Å². The van der Waals surface area contributed by atoms with Gasteiger partial charge in [0.15, 0.2) is 0 Å². The van der Waals surface area contributed by atoms with Gasteiger partial charge in [0.05, 0.1) is 0 Å². The van der Waals surface area contributed by atoms with Crippen LogP contribution < -0.4 is 0 Å². The van der Waals surface area contributed by atoms with E-state index in [4.69, 9.17) is 4.74 Å². The van der Waals surface area contributed by atoms with Gasteiger partial charge in [-0.05, 0) is 237 Å². The van der Waals surface area contributed by atoms with Gasteiger partial charge in [0.25, 0.3) is 0 Å². The lowest BCUT2D eigenvalue weighted by Gasteiger charge is -2.04. The number of carbonyl (C=O) groups excluding carboxylic acids is 1. The van der Waals surface area contributed by atoms with Crippen LogP contribution in [0.4, 0.5) is 0 Å². The molecule has 0 amide bonds. The molecular formula is C62H100O2.